The Bertz CT molecular complexity index is 582. The smallest absolute Gasteiger partial charge is 0.256 e. The van der Waals surface area contributed by atoms with Crippen LogP contribution in [0.15, 0.2) is 36.7 Å². The monoisotopic (exact) mass is 258 g/mol. The van der Waals surface area contributed by atoms with Crippen molar-refractivity contribution in [2.45, 2.75) is 12.8 Å². The predicted octanol–water partition coefficient (Wildman–Crippen LogP) is 3.06. The average molecular weight is 258 g/mol. The third kappa shape index (κ3) is 2.26. The summed E-state index contributed by atoms with van der Waals surface area (Å²) in [6.45, 7) is 1.65. The highest BCUT2D eigenvalue weighted by atomic mass is 19.1. The summed E-state index contributed by atoms with van der Waals surface area (Å²) in [6.07, 6.45) is 5.65. The fourth-order valence-corrected chi connectivity index (χ4v) is 2.50. The molecule has 0 unspecified atom stereocenters. The van der Waals surface area contributed by atoms with Gasteiger partial charge in [0.05, 0.1) is 5.56 Å². The number of aromatic nitrogens is 1. The number of carbonyl (C=O) groups is 1. The van der Waals surface area contributed by atoms with Gasteiger partial charge < -0.3 is 9.88 Å². The Balaban J connectivity index is 1.93. The first-order chi connectivity index (χ1) is 9.25. The van der Waals surface area contributed by atoms with Crippen molar-refractivity contribution < 1.29 is 9.18 Å². The van der Waals surface area contributed by atoms with E-state index in [1.54, 1.807) is 24.5 Å². The molecule has 19 heavy (non-hydrogen) atoms. The van der Waals surface area contributed by atoms with E-state index in [-0.39, 0.29) is 11.7 Å². The minimum atomic E-state index is -0.272. The van der Waals surface area contributed by atoms with Gasteiger partial charge in [-0.2, -0.15) is 0 Å². The lowest BCUT2D eigenvalue weighted by atomic mass is 10.0. The zero-order valence-electron chi connectivity index (χ0n) is 10.5. The summed E-state index contributed by atoms with van der Waals surface area (Å²) in [5.74, 6) is -0.218. The lowest BCUT2D eigenvalue weighted by molar-refractivity contribution is 0.0794. The second kappa shape index (κ2) is 4.88. The maximum Gasteiger partial charge on any atom is 0.256 e. The Kier molecular flexibility index (Phi) is 3.07. The van der Waals surface area contributed by atoms with E-state index < -0.39 is 0 Å². The van der Waals surface area contributed by atoms with Crippen LogP contribution in [0.1, 0.15) is 23.2 Å². The first kappa shape index (κ1) is 12.0. The van der Waals surface area contributed by atoms with Crippen LogP contribution < -0.4 is 0 Å². The van der Waals surface area contributed by atoms with Gasteiger partial charge in [0.2, 0.25) is 0 Å². The van der Waals surface area contributed by atoms with Gasteiger partial charge in [-0.25, -0.2) is 4.39 Å². The molecule has 1 aromatic heterocycles. The second-order valence-corrected chi connectivity index (χ2v) is 4.79. The quantitative estimate of drug-likeness (QED) is 0.883. The molecular weight excluding hydrogens is 243 g/mol. The second-order valence-electron chi connectivity index (χ2n) is 4.79. The van der Waals surface area contributed by atoms with Gasteiger partial charge >= 0.3 is 0 Å². The molecular formula is C15H15FN2O. The first-order valence-corrected chi connectivity index (χ1v) is 6.48. The molecule has 0 aliphatic carbocycles. The summed E-state index contributed by atoms with van der Waals surface area (Å²) in [7, 11) is 0. The number of nitrogens with zero attached hydrogens (tertiary/aromatic N) is 1. The molecule has 0 radical (unpaired) electrons. The van der Waals surface area contributed by atoms with E-state index in [0.29, 0.717) is 5.56 Å². The number of carbonyl (C=O) groups excluding carboxylic acids is 1. The van der Waals surface area contributed by atoms with Gasteiger partial charge in [0.25, 0.3) is 5.91 Å². The molecule has 1 amide bonds. The number of nitrogens with one attached hydrogen (secondary N) is 1. The van der Waals surface area contributed by atoms with Crippen LogP contribution in [-0.2, 0) is 0 Å². The van der Waals surface area contributed by atoms with Crippen molar-refractivity contribution in [2.24, 2.45) is 0 Å². The number of likely N-dealkylation sites (tertiary alicyclic amines) is 1. The molecule has 1 fully saturated rings. The molecule has 2 aromatic rings. The van der Waals surface area contributed by atoms with Gasteiger partial charge in [-0.05, 0) is 30.5 Å². The fourth-order valence-electron chi connectivity index (χ4n) is 2.50. The highest BCUT2D eigenvalue weighted by Gasteiger charge is 2.22. The summed E-state index contributed by atoms with van der Waals surface area (Å²) < 4.78 is 13.0. The van der Waals surface area contributed by atoms with E-state index >= 15 is 0 Å². The van der Waals surface area contributed by atoms with Crippen molar-refractivity contribution in [2.75, 3.05) is 13.1 Å². The normalized spacial score (nSPS) is 14.9. The maximum absolute atomic E-state index is 13.0. The van der Waals surface area contributed by atoms with E-state index in [9.17, 15) is 9.18 Å². The number of H-pyrrole nitrogens is 1. The number of hydrogen-bond donors (Lipinski definition) is 1. The molecule has 2 heterocycles. The zero-order valence-corrected chi connectivity index (χ0v) is 10.5. The van der Waals surface area contributed by atoms with Gasteiger partial charge in [0.15, 0.2) is 0 Å². The number of amides is 1. The maximum atomic E-state index is 13.0. The predicted molar refractivity (Wildman–Crippen MR) is 71.3 cm³/mol. The van der Waals surface area contributed by atoms with Crippen molar-refractivity contribution in [1.82, 2.24) is 9.88 Å². The minimum Gasteiger partial charge on any atom is -0.366 e. The van der Waals surface area contributed by atoms with Crippen molar-refractivity contribution >= 4 is 5.91 Å². The van der Waals surface area contributed by atoms with Crippen LogP contribution in [0.2, 0.25) is 0 Å². The van der Waals surface area contributed by atoms with Gasteiger partial charge in [0, 0.05) is 31.0 Å². The Morgan fingerprint density at radius 3 is 2.47 bits per heavy atom. The van der Waals surface area contributed by atoms with Crippen molar-refractivity contribution in [3.63, 3.8) is 0 Å². The highest BCUT2D eigenvalue weighted by molar-refractivity contribution is 6.00. The van der Waals surface area contributed by atoms with Crippen LogP contribution >= 0.6 is 0 Å². The summed E-state index contributed by atoms with van der Waals surface area (Å²) in [6, 6.07) is 6.21. The van der Waals surface area contributed by atoms with E-state index in [2.05, 4.69) is 4.98 Å². The van der Waals surface area contributed by atoms with Crippen LogP contribution in [0, 0.1) is 5.82 Å². The van der Waals surface area contributed by atoms with Crippen LogP contribution in [0.4, 0.5) is 4.39 Å². The van der Waals surface area contributed by atoms with Gasteiger partial charge in [-0.3, -0.25) is 4.79 Å². The van der Waals surface area contributed by atoms with Crippen LogP contribution in [0.3, 0.4) is 0 Å². The minimum absolute atomic E-state index is 0.0538. The lowest BCUT2D eigenvalue weighted by Gasteiger charge is -2.15. The summed E-state index contributed by atoms with van der Waals surface area (Å²) in [5, 5.41) is 0. The zero-order chi connectivity index (χ0) is 13.2. The van der Waals surface area contributed by atoms with Gasteiger partial charge in [0.1, 0.15) is 5.82 Å². The van der Waals surface area contributed by atoms with Crippen molar-refractivity contribution in [1.29, 1.82) is 0 Å². The molecule has 0 atom stereocenters. The number of aromatic amines is 1. The molecule has 1 saturated heterocycles. The molecule has 1 aliphatic heterocycles. The largest absolute Gasteiger partial charge is 0.366 e. The van der Waals surface area contributed by atoms with Crippen LogP contribution in [-0.4, -0.2) is 28.9 Å². The van der Waals surface area contributed by atoms with E-state index in [1.807, 2.05) is 4.90 Å². The van der Waals surface area contributed by atoms with E-state index in [0.717, 1.165) is 37.1 Å². The first-order valence-electron chi connectivity index (χ1n) is 6.48. The number of rotatable bonds is 2. The Labute approximate surface area is 111 Å². The number of hydrogen-bond acceptors (Lipinski definition) is 1. The van der Waals surface area contributed by atoms with Gasteiger partial charge in [-0.15, -0.1) is 0 Å². The molecule has 0 saturated carbocycles. The Morgan fingerprint density at radius 2 is 1.79 bits per heavy atom. The van der Waals surface area contributed by atoms with Gasteiger partial charge in [-0.1, -0.05) is 12.1 Å². The lowest BCUT2D eigenvalue weighted by Crippen LogP contribution is -2.27. The molecule has 1 N–H and O–H groups in total. The van der Waals surface area contributed by atoms with E-state index in [1.165, 1.54) is 12.1 Å². The summed E-state index contributed by atoms with van der Waals surface area (Å²) in [4.78, 5) is 17.2. The molecule has 0 spiro atoms. The molecule has 1 aromatic carbocycles. The number of halogens is 1. The van der Waals surface area contributed by atoms with Crippen LogP contribution in [0.5, 0.6) is 0 Å². The van der Waals surface area contributed by atoms with Crippen molar-refractivity contribution in [3.05, 3.63) is 48.0 Å². The standard InChI is InChI=1S/C15H15FN2O/c16-12-5-3-11(4-6-12)13-9-17-10-14(13)15(19)18-7-1-2-8-18/h3-6,9-10,17H,1-2,7-8H2. The molecule has 3 nitrogen and oxygen atoms in total. The third-order valence-electron chi connectivity index (χ3n) is 3.52. The topological polar surface area (TPSA) is 36.1 Å². The van der Waals surface area contributed by atoms with E-state index in [4.69, 9.17) is 0 Å². The molecule has 3 rings (SSSR count). The summed E-state index contributed by atoms with van der Waals surface area (Å²) >= 11 is 0. The van der Waals surface area contributed by atoms with Crippen molar-refractivity contribution in [3.8, 4) is 11.1 Å². The SMILES string of the molecule is O=C(c1c[nH]cc1-c1ccc(F)cc1)N1CCCC1. The molecule has 0 bridgehead atoms. The Morgan fingerprint density at radius 1 is 1.11 bits per heavy atom. The average Bonchev–Trinajstić information content (AvgIpc) is 3.10. The number of benzene rings is 1. The highest BCUT2D eigenvalue weighted by Crippen LogP contribution is 2.25. The Hall–Kier alpha value is -2.10. The fraction of sp³-hybridized carbons (Fsp3) is 0.267. The molecule has 1 aliphatic rings. The molecule has 4 heteroatoms. The molecule has 98 valence electrons. The third-order valence-corrected chi connectivity index (χ3v) is 3.52. The van der Waals surface area contributed by atoms with Crippen LogP contribution in [0.25, 0.3) is 11.1 Å². The summed E-state index contributed by atoms with van der Waals surface area (Å²) in [5.41, 5.74) is 2.34.